The molecule has 4 rings (SSSR count). The first-order valence-electron chi connectivity index (χ1n) is 12.9. The molecule has 3 heterocycles. The van der Waals surface area contributed by atoms with E-state index < -0.39 is 52.4 Å². The fourth-order valence-electron chi connectivity index (χ4n) is 4.42. The number of thioether (sulfide) groups is 2. The fourth-order valence-corrected chi connectivity index (χ4v) is 8.75. The quantitative estimate of drug-likeness (QED) is 0.227. The van der Waals surface area contributed by atoms with E-state index in [1.54, 1.807) is 18.2 Å². The van der Waals surface area contributed by atoms with E-state index in [4.69, 9.17) is 17.0 Å². The SMILES string of the molecule is COc1ccc2c(c1)N(CCCS(=O)(=O)O)C(=CC(=c1sc(=C3SC(=S)N(CC(=O)O)C3=O)n(CC(=O)O)c1=O)C(C)C)S2. The topological polar surface area (TPSA) is 184 Å². The Labute approximate surface area is 269 Å². The number of allylic oxidation sites excluding steroid dienone is 1. The van der Waals surface area contributed by atoms with Gasteiger partial charge in [0, 0.05) is 17.5 Å². The first-order valence-corrected chi connectivity index (χ1v) is 17.3. The van der Waals surface area contributed by atoms with E-state index in [1.165, 1.54) is 18.9 Å². The van der Waals surface area contributed by atoms with Crippen LogP contribution in [-0.2, 0) is 31.0 Å². The molecule has 236 valence electrons. The summed E-state index contributed by atoms with van der Waals surface area (Å²) in [4.78, 5) is 53.5. The van der Waals surface area contributed by atoms with Crippen molar-refractivity contribution in [1.82, 2.24) is 9.47 Å². The highest BCUT2D eigenvalue weighted by molar-refractivity contribution is 8.30. The zero-order valence-corrected chi connectivity index (χ0v) is 27.6. The minimum atomic E-state index is -4.20. The molecular formula is C26H27N3O10S5. The van der Waals surface area contributed by atoms with E-state index in [9.17, 15) is 42.4 Å². The van der Waals surface area contributed by atoms with Crippen LogP contribution < -0.4 is 24.4 Å². The molecule has 1 saturated heterocycles. The fraction of sp³-hybridized carbons (Fsp3) is 0.346. The number of aromatic nitrogens is 1. The summed E-state index contributed by atoms with van der Waals surface area (Å²) in [5.41, 5.74) is 0.634. The molecule has 2 aliphatic rings. The summed E-state index contributed by atoms with van der Waals surface area (Å²) >= 11 is 8.29. The first-order chi connectivity index (χ1) is 20.6. The highest BCUT2D eigenvalue weighted by atomic mass is 32.2. The van der Waals surface area contributed by atoms with Crippen molar-refractivity contribution in [3.05, 3.63) is 48.9 Å². The van der Waals surface area contributed by atoms with Crippen LogP contribution in [0.5, 0.6) is 5.75 Å². The number of anilines is 1. The maximum Gasteiger partial charge on any atom is 0.323 e. The summed E-state index contributed by atoms with van der Waals surface area (Å²) in [7, 11) is -2.68. The molecule has 3 N–H and O–H groups in total. The van der Waals surface area contributed by atoms with Crippen molar-refractivity contribution in [2.75, 3.05) is 30.9 Å². The molecule has 1 amide bonds. The third-order valence-electron chi connectivity index (χ3n) is 6.40. The summed E-state index contributed by atoms with van der Waals surface area (Å²) in [5.74, 6) is -3.49. The number of carboxylic acids is 2. The Hall–Kier alpha value is -3.16. The Morgan fingerprint density at radius 3 is 2.36 bits per heavy atom. The average Bonchev–Trinajstić information content (AvgIpc) is 3.52. The van der Waals surface area contributed by atoms with Gasteiger partial charge in [-0.3, -0.25) is 33.2 Å². The van der Waals surface area contributed by atoms with Crippen LogP contribution in [0.15, 0.2) is 39.0 Å². The van der Waals surface area contributed by atoms with Crippen molar-refractivity contribution in [3.63, 3.8) is 0 Å². The van der Waals surface area contributed by atoms with E-state index in [2.05, 4.69) is 0 Å². The standard InChI is InChI=1S/C26H27N3O10S5/c1-13(2)15(10-18-27(7-4-8-44(36,37)38)16-9-14(39-3)5-6-17(16)41-18)21-23(34)28(11-19(30)31)25(42-21)22-24(35)29(12-20(32)33)26(40)43-22/h5-6,9-10,13H,4,7-8,11-12H2,1-3H3,(H,30,31)(H,32,33)(H,36,37,38). The van der Waals surface area contributed by atoms with E-state index in [1.807, 2.05) is 24.8 Å². The predicted octanol–water partition coefficient (Wildman–Crippen LogP) is 1.59. The average molecular weight is 702 g/mol. The number of thiazole rings is 1. The van der Waals surface area contributed by atoms with Crippen molar-refractivity contribution in [2.45, 2.75) is 31.7 Å². The van der Waals surface area contributed by atoms with E-state index >= 15 is 0 Å². The number of amides is 1. The number of rotatable bonds is 11. The Morgan fingerprint density at radius 1 is 1.09 bits per heavy atom. The van der Waals surface area contributed by atoms with Crippen molar-refractivity contribution in [3.8, 4) is 5.75 Å². The number of carboxylic acid groups (broad SMARTS) is 2. The predicted molar refractivity (Wildman–Crippen MR) is 172 cm³/mol. The Kier molecular flexibility index (Phi) is 10.3. The zero-order chi connectivity index (χ0) is 32.5. The highest BCUT2D eigenvalue weighted by Gasteiger charge is 2.36. The number of nitrogens with zero attached hydrogens (tertiary/aromatic N) is 3. The van der Waals surface area contributed by atoms with Gasteiger partial charge in [-0.2, -0.15) is 8.42 Å². The zero-order valence-electron chi connectivity index (χ0n) is 23.5. The summed E-state index contributed by atoms with van der Waals surface area (Å²) in [6.45, 7) is 2.48. The van der Waals surface area contributed by atoms with Crippen LogP contribution in [0.4, 0.5) is 5.69 Å². The number of fused-ring (bicyclic) bond motifs is 1. The van der Waals surface area contributed by atoms with Crippen LogP contribution in [0, 0.1) is 5.92 Å². The van der Waals surface area contributed by atoms with Gasteiger partial charge in [0.25, 0.3) is 21.6 Å². The highest BCUT2D eigenvalue weighted by Crippen LogP contribution is 2.48. The van der Waals surface area contributed by atoms with Crippen LogP contribution in [-0.4, -0.2) is 80.8 Å². The summed E-state index contributed by atoms with van der Waals surface area (Å²) in [6.07, 6.45) is 1.87. The van der Waals surface area contributed by atoms with Crippen LogP contribution in [0.3, 0.4) is 0 Å². The van der Waals surface area contributed by atoms with E-state index in [0.29, 0.717) is 16.4 Å². The number of hydrogen-bond acceptors (Lipinski definition) is 12. The lowest BCUT2D eigenvalue weighted by molar-refractivity contribution is -0.140. The number of ether oxygens (including phenoxy) is 1. The van der Waals surface area contributed by atoms with Crippen LogP contribution in [0.2, 0.25) is 0 Å². The third-order valence-corrected chi connectivity index (χ3v) is 11.1. The molecule has 18 heteroatoms. The largest absolute Gasteiger partial charge is 0.497 e. The first kappa shape index (κ1) is 33.7. The lowest BCUT2D eigenvalue weighted by Gasteiger charge is -2.21. The molecule has 2 aliphatic heterocycles. The maximum atomic E-state index is 13.8. The van der Waals surface area contributed by atoms with Gasteiger partial charge < -0.3 is 19.8 Å². The molecule has 0 aliphatic carbocycles. The number of benzene rings is 1. The van der Waals surface area contributed by atoms with Gasteiger partial charge in [-0.15, -0.1) is 11.3 Å². The number of hydrogen-bond donors (Lipinski definition) is 3. The summed E-state index contributed by atoms with van der Waals surface area (Å²) in [5, 5.41) is 19.4. The lowest BCUT2D eigenvalue weighted by atomic mass is 10.0. The molecule has 0 unspecified atom stereocenters. The molecule has 2 aromatic rings. The van der Waals surface area contributed by atoms with Crippen LogP contribution in [0.25, 0.3) is 10.5 Å². The molecule has 1 fully saturated rings. The summed E-state index contributed by atoms with van der Waals surface area (Å²) < 4.78 is 38.6. The van der Waals surface area contributed by atoms with E-state index in [-0.39, 0.29) is 37.3 Å². The van der Waals surface area contributed by atoms with Crippen molar-refractivity contribution in [1.29, 1.82) is 0 Å². The van der Waals surface area contributed by atoms with Gasteiger partial charge in [0.15, 0.2) is 0 Å². The molecule has 0 radical (unpaired) electrons. The van der Waals surface area contributed by atoms with Gasteiger partial charge >= 0.3 is 11.9 Å². The Balaban J connectivity index is 1.93. The van der Waals surface area contributed by atoms with Gasteiger partial charge in [-0.25, -0.2) is 0 Å². The number of thiocarbonyl (C=S) groups is 1. The number of carbonyl (C=O) groups is 3. The molecule has 44 heavy (non-hydrogen) atoms. The van der Waals surface area contributed by atoms with Crippen LogP contribution >= 0.6 is 47.1 Å². The Morgan fingerprint density at radius 2 is 1.77 bits per heavy atom. The maximum absolute atomic E-state index is 13.8. The number of methoxy groups -OCH3 is 1. The molecule has 0 spiro atoms. The molecular weight excluding hydrogens is 675 g/mol. The van der Waals surface area contributed by atoms with Gasteiger partial charge in [0.05, 0.1) is 28.1 Å². The van der Waals surface area contributed by atoms with Gasteiger partial charge in [-0.05, 0) is 36.1 Å². The monoisotopic (exact) mass is 701 g/mol. The molecule has 1 aromatic carbocycles. The lowest BCUT2D eigenvalue weighted by Crippen LogP contribution is -2.37. The normalized spacial score (nSPS) is 18.0. The van der Waals surface area contributed by atoms with Gasteiger partial charge in [-0.1, -0.05) is 49.6 Å². The van der Waals surface area contributed by atoms with Gasteiger partial charge in [0.2, 0.25) is 0 Å². The number of aliphatic carboxylic acids is 2. The molecule has 13 nitrogen and oxygen atoms in total. The minimum absolute atomic E-state index is 0.0251. The van der Waals surface area contributed by atoms with Gasteiger partial charge in [0.1, 0.15) is 32.7 Å². The second kappa shape index (κ2) is 13.5. The molecule has 0 atom stereocenters. The van der Waals surface area contributed by atoms with Crippen LogP contribution in [0.1, 0.15) is 20.3 Å². The number of carbonyl (C=O) groups excluding carboxylic acids is 1. The van der Waals surface area contributed by atoms with E-state index in [0.717, 1.165) is 43.1 Å². The Bertz CT molecular complexity index is 1880. The molecule has 0 bridgehead atoms. The third kappa shape index (κ3) is 7.37. The molecule has 1 aromatic heterocycles. The second-order valence-electron chi connectivity index (χ2n) is 9.82. The minimum Gasteiger partial charge on any atom is -0.497 e. The van der Waals surface area contributed by atoms with Crippen molar-refractivity contribution < 1.29 is 42.3 Å². The second-order valence-corrected chi connectivity index (χ2v) is 15.1. The smallest absolute Gasteiger partial charge is 0.323 e. The summed E-state index contributed by atoms with van der Waals surface area (Å²) in [6, 6.07) is 5.42. The molecule has 0 saturated carbocycles. The van der Waals surface area contributed by atoms with Crippen molar-refractivity contribution in [2.24, 2.45) is 5.92 Å². The van der Waals surface area contributed by atoms with Crippen molar-refractivity contribution >= 4 is 95.5 Å².